The molecule has 62 valence electrons. The average molecular weight is 278 g/mol. The van der Waals surface area contributed by atoms with Crippen molar-refractivity contribution in [3.05, 3.63) is 36.8 Å². The first-order chi connectivity index (χ1) is 5.24. The fraction of sp³-hybridized carbons (Fsp3) is 0.333. The monoisotopic (exact) mass is 278 g/mol. The molecule has 0 radical (unpaired) electrons. The maximum absolute atomic E-state index is 3.84. The van der Waals surface area contributed by atoms with Gasteiger partial charge in [-0.2, -0.15) is 0 Å². The molecule has 0 amide bonds. The molecule has 0 aromatic rings. The van der Waals surface area contributed by atoms with Crippen LogP contribution in [-0.2, 0) is 0 Å². The summed E-state index contributed by atoms with van der Waals surface area (Å²) in [6, 6.07) is 1.21. The summed E-state index contributed by atoms with van der Waals surface area (Å²) in [6.07, 6.45) is 1.25. The standard InChI is InChI=1S/C9H15ISi/c1-4-11(5-2,6-3)9-7-8-10/h4-6H,1-3,7-9H2. The molecule has 2 heteroatoms. The fourth-order valence-corrected chi connectivity index (χ4v) is 3.93. The van der Waals surface area contributed by atoms with Crippen molar-refractivity contribution in [3.8, 4) is 0 Å². The molecular weight excluding hydrogens is 263 g/mol. The Hall–Kier alpha value is 0.167. The molecule has 0 aromatic heterocycles. The minimum absolute atomic E-state index is 1.21. The van der Waals surface area contributed by atoms with Crippen LogP contribution in [0.2, 0.25) is 6.04 Å². The maximum Gasteiger partial charge on any atom is 0.124 e. The minimum atomic E-state index is -1.45. The van der Waals surface area contributed by atoms with E-state index in [9.17, 15) is 0 Å². The maximum atomic E-state index is 3.84. The van der Waals surface area contributed by atoms with Gasteiger partial charge in [0.2, 0.25) is 0 Å². The lowest BCUT2D eigenvalue weighted by atomic mass is 10.6. The van der Waals surface area contributed by atoms with Crippen LogP contribution in [0.15, 0.2) is 36.8 Å². The van der Waals surface area contributed by atoms with Crippen molar-refractivity contribution in [2.24, 2.45) is 0 Å². The van der Waals surface area contributed by atoms with Crippen LogP contribution >= 0.6 is 22.6 Å². The fourth-order valence-electron chi connectivity index (χ4n) is 0.929. The van der Waals surface area contributed by atoms with E-state index in [1.165, 1.54) is 16.9 Å². The molecule has 0 spiro atoms. The van der Waals surface area contributed by atoms with Gasteiger partial charge in [-0.25, -0.2) is 0 Å². The molecular formula is C9H15ISi. The summed E-state index contributed by atoms with van der Waals surface area (Å²) in [4.78, 5) is 0. The molecule has 0 aliphatic rings. The molecule has 0 bridgehead atoms. The highest BCUT2D eigenvalue weighted by Crippen LogP contribution is 2.16. The molecule has 0 aliphatic heterocycles. The van der Waals surface area contributed by atoms with E-state index < -0.39 is 8.07 Å². The van der Waals surface area contributed by atoms with Crippen LogP contribution in [0.5, 0.6) is 0 Å². The van der Waals surface area contributed by atoms with Crippen LogP contribution in [0.1, 0.15) is 6.42 Å². The highest BCUT2D eigenvalue weighted by atomic mass is 127. The molecule has 0 aliphatic carbocycles. The van der Waals surface area contributed by atoms with Crippen molar-refractivity contribution in [2.45, 2.75) is 12.5 Å². The minimum Gasteiger partial charge on any atom is -0.106 e. The van der Waals surface area contributed by atoms with Crippen molar-refractivity contribution in [2.75, 3.05) is 4.43 Å². The van der Waals surface area contributed by atoms with E-state index in [1.807, 2.05) is 0 Å². The van der Waals surface area contributed by atoms with E-state index in [-0.39, 0.29) is 0 Å². The zero-order chi connectivity index (χ0) is 8.74. The van der Waals surface area contributed by atoms with E-state index in [0.717, 1.165) is 0 Å². The molecule has 0 N–H and O–H groups in total. The first kappa shape index (κ1) is 11.2. The van der Waals surface area contributed by atoms with E-state index in [0.29, 0.717) is 0 Å². The average Bonchev–Trinajstić information content (AvgIpc) is 2.08. The smallest absolute Gasteiger partial charge is 0.106 e. The van der Waals surface area contributed by atoms with E-state index in [1.54, 1.807) is 0 Å². The molecule has 0 saturated carbocycles. The topological polar surface area (TPSA) is 0 Å². The normalized spacial score (nSPS) is 10.6. The van der Waals surface area contributed by atoms with Gasteiger partial charge in [0, 0.05) is 0 Å². The second kappa shape index (κ2) is 5.77. The Balaban J connectivity index is 4.16. The molecule has 0 saturated heterocycles. The Kier molecular flexibility index (Phi) is 5.86. The van der Waals surface area contributed by atoms with Crippen LogP contribution in [0, 0.1) is 0 Å². The zero-order valence-electron chi connectivity index (χ0n) is 6.85. The Morgan fingerprint density at radius 3 is 1.82 bits per heavy atom. The number of halogens is 1. The summed E-state index contributed by atoms with van der Waals surface area (Å²) < 4.78 is 1.21. The second-order valence-electron chi connectivity index (χ2n) is 2.52. The molecule has 0 fully saturated rings. The summed E-state index contributed by atoms with van der Waals surface area (Å²) in [5.41, 5.74) is 6.16. The lowest BCUT2D eigenvalue weighted by Gasteiger charge is -2.18. The van der Waals surface area contributed by atoms with Crippen molar-refractivity contribution in [3.63, 3.8) is 0 Å². The van der Waals surface area contributed by atoms with Gasteiger partial charge in [0.05, 0.1) is 0 Å². The van der Waals surface area contributed by atoms with E-state index >= 15 is 0 Å². The van der Waals surface area contributed by atoms with Crippen LogP contribution in [0.25, 0.3) is 0 Å². The second-order valence-corrected chi connectivity index (χ2v) is 7.55. The third kappa shape index (κ3) is 3.38. The molecule has 0 rings (SSSR count). The Labute approximate surface area is 84.2 Å². The van der Waals surface area contributed by atoms with Crippen molar-refractivity contribution in [1.29, 1.82) is 0 Å². The zero-order valence-corrected chi connectivity index (χ0v) is 10.0. The van der Waals surface area contributed by atoms with Gasteiger partial charge in [-0.15, -0.1) is 19.7 Å². The van der Waals surface area contributed by atoms with Gasteiger partial charge in [-0.1, -0.05) is 39.7 Å². The van der Waals surface area contributed by atoms with E-state index in [2.05, 4.69) is 59.4 Å². The van der Waals surface area contributed by atoms with Crippen molar-refractivity contribution < 1.29 is 0 Å². The number of hydrogen-bond donors (Lipinski definition) is 0. The van der Waals surface area contributed by atoms with Crippen LogP contribution < -0.4 is 0 Å². The third-order valence-corrected chi connectivity index (χ3v) is 6.15. The number of rotatable bonds is 6. The summed E-state index contributed by atoms with van der Waals surface area (Å²) in [7, 11) is -1.45. The van der Waals surface area contributed by atoms with Gasteiger partial charge in [-0.3, -0.25) is 0 Å². The van der Waals surface area contributed by atoms with Gasteiger partial charge < -0.3 is 0 Å². The van der Waals surface area contributed by atoms with E-state index in [4.69, 9.17) is 0 Å². The van der Waals surface area contributed by atoms with Gasteiger partial charge >= 0.3 is 0 Å². The first-order valence-electron chi connectivity index (χ1n) is 3.71. The highest BCUT2D eigenvalue weighted by Gasteiger charge is 2.19. The molecule has 0 aromatic carbocycles. The number of hydrogen-bond acceptors (Lipinski definition) is 0. The Morgan fingerprint density at radius 2 is 1.55 bits per heavy atom. The highest BCUT2D eigenvalue weighted by molar-refractivity contribution is 14.1. The molecule has 0 unspecified atom stereocenters. The summed E-state index contributed by atoms with van der Waals surface area (Å²) >= 11 is 2.40. The predicted molar refractivity (Wildman–Crippen MR) is 64.7 cm³/mol. The van der Waals surface area contributed by atoms with Gasteiger partial charge in [0.25, 0.3) is 0 Å². The van der Waals surface area contributed by atoms with Gasteiger partial charge in [0.15, 0.2) is 0 Å². The SMILES string of the molecule is C=C[Si](C=C)(C=C)CCCI. The molecule has 0 nitrogen and oxygen atoms in total. The van der Waals surface area contributed by atoms with Crippen LogP contribution in [0.3, 0.4) is 0 Å². The Morgan fingerprint density at radius 1 is 1.09 bits per heavy atom. The number of alkyl halides is 1. The third-order valence-electron chi connectivity index (χ3n) is 1.88. The largest absolute Gasteiger partial charge is 0.124 e. The lowest BCUT2D eigenvalue weighted by Crippen LogP contribution is -2.26. The first-order valence-corrected chi connectivity index (χ1v) is 7.68. The Bertz CT molecular complexity index is 130. The predicted octanol–water partition coefficient (Wildman–Crippen LogP) is 3.44. The van der Waals surface area contributed by atoms with Gasteiger partial charge in [0.1, 0.15) is 8.07 Å². The summed E-state index contributed by atoms with van der Waals surface area (Å²) in [5, 5.41) is 0. The summed E-state index contributed by atoms with van der Waals surface area (Å²) in [5.74, 6) is 0. The molecule has 11 heavy (non-hydrogen) atoms. The quantitative estimate of drug-likeness (QED) is 0.396. The van der Waals surface area contributed by atoms with Gasteiger partial charge in [-0.05, 0) is 16.9 Å². The van der Waals surface area contributed by atoms with Crippen molar-refractivity contribution >= 4 is 30.7 Å². The van der Waals surface area contributed by atoms with Crippen LogP contribution in [-0.4, -0.2) is 12.5 Å². The molecule has 0 heterocycles. The van der Waals surface area contributed by atoms with Crippen LogP contribution in [0.4, 0.5) is 0 Å². The molecule has 0 atom stereocenters. The van der Waals surface area contributed by atoms with Crippen molar-refractivity contribution in [1.82, 2.24) is 0 Å². The summed E-state index contributed by atoms with van der Waals surface area (Å²) in [6.45, 7) is 11.5. The lowest BCUT2D eigenvalue weighted by molar-refractivity contribution is 1.10.